The van der Waals surface area contributed by atoms with Crippen molar-refractivity contribution in [2.45, 2.75) is 25.4 Å². The minimum Gasteiger partial charge on any atom is -0.351 e. The van der Waals surface area contributed by atoms with E-state index >= 15 is 0 Å². The van der Waals surface area contributed by atoms with Gasteiger partial charge in [0.05, 0.1) is 11.3 Å². The zero-order valence-corrected chi connectivity index (χ0v) is 15.2. The van der Waals surface area contributed by atoms with Gasteiger partial charge in [0.2, 0.25) is 0 Å². The maximum Gasteiger partial charge on any atom is 0.255 e. The number of piperidine rings is 1. The fourth-order valence-corrected chi connectivity index (χ4v) is 4.02. The molecule has 0 atom stereocenters. The van der Waals surface area contributed by atoms with Gasteiger partial charge in [0, 0.05) is 38.5 Å². The number of aryl methyl sites for hydroxylation is 1. The van der Waals surface area contributed by atoms with E-state index in [-0.39, 0.29) is 11.8 Å². The van der Waals surface area contributed by atoms with Gasteiger partial charge in [-0.25, -0.2) is 0 Å². The predicted molar refractivity (Wildman–Crippen MR) is 101 cm³/mol. The average Bonchev–Trinajstić information content (AvgIpc) is 2.67. The van der Waals surface area contributed by atoms with Crippen LogP contribution in [0.5, 0.6) is 0 Å². The molecule has 0 unspecified atom stereocenters. The van der Waals surface area contributed by atoms with E-state index in [1.54, 1.807) is 0 Å². The molecule has 134 valence electrons. The van der Waals surface area contributed by atoms with E-state index in [0.717, 1.165) is 16.8 Å². The lowest BCUT2D eigenvalue weighted by molar-refractivity contribution is 0.0609. The first kappa shape index (κ1) is 16.6. The van der Waals surface area contributed by atoms with Crippen LogP contribution >= 0.6 is 0 Å². The third-order valence-electron chi connectivity index (χ3n) is 5.64. The van der Waals surface area contributed by atoms with Crippen LogP contribution in [0, 0.1) is 6.92 Å². The molecule has 1 saturated heterocycles. The van der Waals surface area contributed by atoms with Crippen molar-refractivity contribution in [1.29, 1.82) is 0 Å². The number of rotatable bonds is 1. The van der Waals surface area contributed by atoms with Gasteiger partial charge in [-0.15, -0.1) is 0 Å². The number of benzene rings is 2. The normalized spacial score (nSPS) is 18.5. The van der Waals surface area contributed by atoms with Crippen LogP contribution in [-0.4, -0.2) is 42.5 Å². The number of amides is 2. The largest absolute Gasteiger partial charge is 0.351 e. The van der Waals surface area contributed by atoms with Gasteiger partial charge in [0.25, 0.3) is 11.8 Å². The Morgan fingerprint density at radius 1 is 1.08 bits per heavy atom. The Labute approximate surface area is 153 Å². The van der Waals surface area contributed by atoms with Gasteiger partial charge in [-0.05, 0) is 31.2 Å². The number of likely N-dealkylation sites (tertiary alicyclic amines) is 1. The summed E-state index contributed by atoms with van der Waals surface area (Å²) in [5.74, 6) is 0.0332. The molecule has 5 nitrogen and oxygen atoms in total. The Kier molecular flexibility index (Phi) is 3.94. The Bertz CT molecular complexity index is 855. The van der Waals surface area contributed by atoms with E-state index in [1.807, 2.05) is 67.4 Å². The Morgan fingerprint density at radius 2 is 1.77 bits per heavy atom. The topological polar surface area (TPSA) is 52.7 Å². The molecule has 2 aromatic rings. The van der Waals surface area contributed by atoms with Crippen molar-refractivity contribution in [2.24, 2.45) is 0 Å². The van der Waals surface area contributed by atoms with Gasteiger partial charge in [-0.1, -0.05) is 29.8 Å². The molecule has 1 N–H and O–H groups in total. The van der Waals surface area contributed by atoms with Crippen LogP contribution < -0.4 is 10.2 Å². The summed E-state index contributed by atoms with van der Waals surface area (Å²) in [6.07, 6.45) is 1.42. The van der Waals surface area contributed by atoms with Crippen molar-refractivity contribution < 1.29 is 9.59 Å². The number of carbonyl (C=O) groups is 2. The average molecular weight is 349 g/mol. The van der Waals surface area contributed by atoms with Gasteiger partial charge in [-0.2, -0.15) is 0 Å². The molecule has 2 aliphatic rings. The SMILES string of the molecule is Cc1ccc2c(c1)C(=O)NC1(CCN(C(=O)c3ccccc3)CC1)N2C. The highest BCUT2D eigenvalue weighted by Crippen LogP contribution is 2.36. The van der Waals surface area contributed by atoms with Gasteiger partial charge in [0.1, 0.15) is 5.66 Å². The molecule has 4 rings (SSSR count). The van der Waals surface area contributed by atoms with Crippen molar-refractivity contribution in [2.75, 3.05) is 25.0 Å². The van der Waals surface area contributed by atoms with Crippen molar-refractivity contribution in [1.82, 2.24) is 10.2 Å². The summed E-state index contributed by atoms with van der Waals surface area (Å²) in [6.45, 7) is 3.24. The number of hydrogen-bond donors (Lipinski definition) is 1. The summed E-state index contributed by atoms with van der Waals surface area (Å²) >= 11 is 0. The Morgan fingerprint density at radius 3 is 2.46 bits per heavy atom. The summed E-state index contributed by atoms with van der Waals surface area (Å²) in [5.41, 5.74) is 3.05. The third kappa shape index (κ3) is 2.64. The molecule has 5 heteroatoms. The summed E-state index contributed by atoms with van der Waals surface area (Å²) in [6, 6.07) is 15.4. The summed E-state index contributed by atoms with van der Waals surface area (Å²) in [7, 11) is 2.03. The standard InChI is InChI=1S/C21H23N3O2/c1-15-8-9-18-17(14-15)19(25)22-21(23(18)2)10-12-24(13-11-21)20(26)16-6-4-3-5-7-16/h3-9,14H,10-13H2,1-2H3,(H,22,25). The zero-order valence-electron chi connectivity index (χ0n) is 15.2. The van der Waals surface area contributed by atoms with E-state index in [0.29, 0.717) is 31.5 Å². The third-order valence-corrected chi connectivity index (χ3v) is 5.64. The molecule has 2 amide bonds. The van der Waals surface area contributed by atoms with Crippen LogP contribution in [0.3, 0.4) is 0 Å². The first-order valence-corrected chi connectivity index (χ1v) is 9.01. The van der Waals surface area contributed by atoms with Crippen molar-refractivity contribution in [3.05, 3.63) is 65.2 Å². The van der Waals surface area contributed by atoms with Crippen LogP contribution in [-0.2, 0) is 0 Å². The predicted octanol–water partition coefficient (Wildman–Crippen LogP) is 2.81. The van der Waals surface area contributed by atoms with Gasteiger partial charge in [0.15, 0.2) is 0 Å². The number of anilines is 1. The summed E-state index contributed by atoms with van der Waals surface area (Å²) in [4.78, 5) is 29.4. The Balaban J connectivity index is 1.54. The molecule has 2 aromatic carbocycles. The number of hydrogen-bond acceptors (Lipinski definition) is 3. The second-order valence-electron chi connectivity index (χ2n) is 7.22. The van der Waals surface area contributed by atoms with E-state index < -0.39 is 5.66 Å². The van der Waals surface area contributed by atoms with Crippen molar-refractivity contribution in [3.8, 4) is 0 Å². The minimum atomic E-state index is -0.424. The maximum atomic E-state index is 12.7. The molecule has 1 fully saturated rings. The van der Waals surface area contributed by atoms with E-state index in [1.165, 1.54) is 0 Å². The molecule has 1 spiro atoms. The highest BCUT2D eigenvalue weighted by atomic mass is 16.2. The summed E-state index contributed by atoms with van der Waals surface area (Å²) in [5, 5.41) is 3.21. The van der Waals surface area contributed by atoms with Crippen LogP contribution in [0.2, 0.25) is 0 Å². The van der Waals surface area contributed by atoms with Crippen LogP contribution in [0.15, 0.2) is 48.5 Å². The first-order chi connectivity index (χ1) is 12.5. The minimum absolute atomic E-state index is 0.0235. The molecule has 2 aliphatic heterocycles. The van der Waals surface area contributed by atoms with E-state index in [4.69, 9.17) is 0 Å². The molecule has 26 heavy (non-hydrogen) atoms. The monoisotopic (exact) mass is 349 g/mol. The number of carbonyl (C=O) groups excluding carboxylic acids is 2. The second kappa shape index (κ2) is 6.16. The molecule has 0 saturated carbocycles. The van der Waals surface area contributed by atoms with Gasteiger partial charge < -0.3 is 15.1 Å². The van der Waals surface area contributed by atoms with Crippen LogP contribution in [0.25, 0.3) is 0 Å². The zero-order chi connectivity index (χ0) is 18.3. The highest BCUT2D eigenvalue weighted by Gasteiger charge is 2.44. The molecular weight excluding hydrogens is 326 g/mol. The van der Waals surface area contributed by atoms with Gasteiger partial charge in [-0.3, -0.25) is 9.59 Å². The number of fused-ring (bicyclic) bond motifs is 1. The van der Waals surface area contributed by atoms with Crippen molar-refractivity contribution in [3.63, 3.8) is 0 Å². The molecule has 0 aliphatic carbocycles. The second-order valence-corrected chi connectivity index (χ2v) is 7.22. The van der Waals surface area contributed by atoms with Crippen LogP contribution in [0.1, 0.15) is 39.1 Å². The molecule has 2 heterocycles. The molecule has 0 radical (unpaired) electrons. The Hall–Kier alpha value is -2.82. The number of nitrogens with zero attached hydrogens (tertiary/aromatic N) is 2. The smallest absolute Gasteiger partial charge is 0.255 e. The quantitative estimate of drug-likeness (QED) is 0.861. The first-order valence-electron chi connectivity index (χ1n) is 9.01. The fourth-order valence-electron chi connectivity index (χ4n) is 4.02. The van der Waals surface area contributed by atoms with E-state index in [2.05, 4.69) is 10.2 Å². The van der Waals surface area contributed by atoms with E-state index in [9.17, 15) is 9.59 Å². The maximum absolute atomic E-state index is 12.7. The fraction of sp³-hybridized carbons (Fsp3) is 0.333. The summed E-state index contributed by atoms with van der Waals surface area (Å²) < 4.78 is 0. The lowest BCUT2D eigenvalue weighted by Crippen LogP contribution is -2.67. The number of nitrogens with one attached hydrogen (secondary N) is 1. The lowest BCUT2D eigenvalue weighted by Gasteiger charge is -2.51. The molecule has 0 bridgehead atoms. The lowest BCUT2D eigenvalue weighted by atomic mass is 9.90. The molecular formula is C21H23N3O2. The van der Waals surface area contributed by atoms with Crippen molar-refractivity contribution >= 4 is 17.5 Å². The molecule has 0 aromatic heterocycles. The van der Waals surface area contributed by atoms with Gasteiger partial charge >= 0.3 is 0 Å². The van der Waals surface area contributed by atoms with Crippen LogP contribution in [0.4, 0.5) is 5.69 Å². The highest BCUT2D eigenvalue weighted by molar-refractivity contribution is 6.02.